The van der Waals surface area contributed by atoms with Gasteiger partial charge in [0.1, 0.15) is 6.04 Å². The van der Waals surface area contributed by atoms with E-state index in [1.54, 1.807) is 37.4 Å². The summed E-state index contributed by atoms with van der Waals surface area (Å²) in [5.74, 6) is -0.236. The number of rotatable bonds is 9. The third-order valence-corrected chi connectivity index (χ3v) is 5.86. The number of amides is 1. The Morgan fingerprint density at radius 2 is 1.96 bits per heavy atom. The molecular formula is C16H26ClN3O4S. The quantitative estimate of drug-likeness (QED) is 0.602. The zero-order valence-corrected chi connectivity index (χ0v) is 15.9. The van der Waals surface area contributed by atoms with E-state index in [1.165, 1.54) is 4.31 Å². The van der Waals surface area contributed by atoms with Gasteiger partial charge in [0, 0.05) is 33.3 Å². The lowest BCUT2D eigenvalue weighted by molar-refractivity contribution is -0.124. The van der Waals surface area contributed by atoms with Crippen LogP contribution < -0.4 is 10.6 Å². The minimum absolute atomic E-state index is 0. The van der Waals surface area contributed by atoms with Crippen molar-refractivity contribution in [3.8, 4) is 0 Å². The highest BCUT2D eigenvalue weighted by Gasteiger charge is 2.39. The standard InChI is InChI=1S/C16H25N3O4S.ClH/c1-23-13-11-17-9-10-18-16(20)15-8-5-12-19(15)24(21,22)14-6-3-2-4-7-14;/h2-4,6-7,15,17H,5,8-13H2,1H3,(H,18,20);1H. The van der Waals surface area contributed by atoms with E-state index >= 15 is 0 Å². The number of carbonyl (C=O) groups excluding carboxylic acids is 1. The number of ether oxygens (including phenoxy) is 1. The molecule has 1 aliphatic rings. The third-order valence-electron chi connectivity index (χ3n) is 3.94. The van der Waals surface area contributed by atoms with E-state index in [-0.39, 0.29) is 23.2 Å². The van der Waals surface area contributed by atoms with Crippen LogP contribution in [0.2, 0.25) is 0 Å². The highest BCUT2D eigenvalue weighted by atomic mass is 35.5. The second-order valence-electron chi connectivity index (χ2n) is 5.62. The molecule has 142 valence electrons. The molecule has 25 heavy (non-hydrogen) atoms. The summed E-state index contributed by atoms with van der Waals surface area (Å²) in [6.07, 6.45) is 1.24. The summed E-state index contributed by atoms with van der Waals surface area (Å²) in [6, 6.07) is 7.62. The fourth-order valence-electron chi connectivity index (χ4n) is 2.71. The molecule has 0 saturated carbocycles. The maximum Gasteiger partial charge on any atom is 0.243 e. The molecule has 1 unspecified atom stereocenters. The first-order valence-electron chi connectivity index (χ1n) is 8.11. The van der Waals surface area contributed by atoms with Crippen LogP contribution >= 0.6 is 12.4 Å². The van der Waals surface area contributed by atoms with Crippen LogP contribution in [0.5, 0.6) is 0 Å². The molecular weight excluding hydrogens is 366 g/mol. The van der Waals surface area contributed by atoms with Crippen LogP contribution in [0.15, 0.2) is 35.2 Å². The van der Waals surface area contributed by atoms with Crippen LogP contribution in [-0.2, 0) is 19.6 Å². The van der Waals surface area contributed by atoms with Gasteiger partial charge in [-0.2, -0.15) is 4.31 Å². The van der Waals surface area contributed by atoms with E-state index in [2.05, 4.69) is 10.6 Å². The molecule has 1 aromatic carbocycles. The van der Waals surface area contributed by atoms with E-state index in [0.29, 0.717) is 45.6 Å². The van der Waals surface area contributed by atoms with Gasteiger partial charge in [0.05, 0.1) is 11.5 Å². The third kappa shape index (κ3) is 5.93. The normalized spacial score (nSPS) is 17.9. The van der Waals surface area contributed by atoms with E-state index in [0.717, 1.165) is 0 Å². The Bertz CT molecular complexity index is 628. The van der Waals surface area contributed by atoms with Crippen LogP contribution in [0.1, 0.15) is 12.8 Å². The smallest absolute Gasteiger partial charge is 0.243 e. The number of benzene rings is 1. The fraction of sp³-hybridized carbons (Fsp3) is 0.562. The molecule has 0 aromatic heterocycles. The zero-order valence-electron chi connectivity index (χ0n) is 14.3. The largest absolute Gasteiger partial charge is 0.383 e. The van der Waals surface area contributed by atoms with Crippen LogP contribution in [-0.4, -0.2) is 64.6 Å². The number of hydrogen-bond acceptors (Lipinski definition) is 5. The van der Waals surface area contributed by atoms with Crippen molar-refractivity contribution in [2.75, 3.05) is 39.9 Å². The van der Waals surface area contributed by atoms with Crippen molar-refractivity contribution < 1.29 is 17.9 Å². The number of nitrogens with zero attached hydrogens (tertiary/aromatic N) is 1. The highest BCUT2D eigenvalue weighted by molar-refractivity contribution is 7.89. The van der Waals surface area contributed by atoms with Gasteiger partial charge < -0.3 is 15.4 Å². The van der Waals surface area contributed by atoms with Crippen molar-refractivity contribution in [2.45, 2.75) is 23.8 Å². The van der Waals surface area contributed by atoms with Crippen molar-refractivity contribution >= 4 is 28.3 Å². The predicted octanol–water partition coefficient (Wildman–Crippen LogP) is 0.614. The summed E-state index contributed by atoms with van der Waals surface area (Å²) < 4.78 is 31.7. The Hall–Kier alpha value is -1.19. The monoisotopic (exact) mass is 391 g/mol. The molecule has 1 aromatic rings. The zero-order chi connectivity index (χ0) is 17.4. The van der Waals surface area contributed by atoms with Crippen molar-refractivity contribution in [1.29, 1.82) is 0 Å². The maximum atomic E-state index is 12.7. The van der Waals surface area contributed by atoms with Crippen molar-refractivity contribution in [3.63, 3.8) is 0 Å². The van der Waals surface area contributed by atoms with Gasteiger partial charge in [0.2, 0.25) is 15.9 Å². The average molecular weight is 392 g/mol. The van der Waals surface area contributed by atoms with Crippen LogP contribution in [0, 0.1) is 0 Å². The van der Waals surface area contributed by atoms with Gasteiger partial charge in [-0.15, -0.1) is 12.4 Å². The Labute approximate surface area is 155 Å². The molecule has 2 rings (SSSR count). The second kappa shape index (κ2) is 10.7. The lowest BCUT2D eigenvalue weighted by Crippen LogP contribution is -2.47. The highest BCUT2D eigenvalue weighted by Crippen LogP contribution is 2.25. The lowest BCUT2D eigenvalue weighted by atomic mass is 10.2. The van der Waals surface area contributed by atoms with Crippen LogP contribution in [0.4, 0.5) is 0 Å². The molecule has 1 heterocycles. The van der Waals surface area contributed by atoms with E-state index in [9.17, 15) is 13.2 Å². The number of carbonyl (C=O) groups is 1. The number of sulfonamides is 1. The van der Waals surface area contributed by atoms with E-state index < -0.39 is 16.1 Å². The summed E-state index contributed by atoms with van der Waals surface area (Å²) in [4.78, 5) is 12.6. The molecule has 0 spiro atoms. The molecule has 9 heteroatoms. The van der Waals surface area contributed by atoms with Crippen LogP contribution in [0.3, 0.4) is 0 Å². The number of halogens is 1. The molecule has 0 radical (unpaired) electrons. The first-order valence-corrected chi connectivity index (χ1v) is 9.55. The van der Waals surface area contributed by atoms with Gasteiger partial charge in [0.15, 0.2) is 0 Å². The van der Waals surface area contributed by atoms with Gasteiger partial charge in [-0.1, -0.05) is 18.2 Å². The van der Waals surface area contributed by atoms with Crippen molar-refractivity contribution in [1.82, 2.24) is 14.9 Å². The summed E-state index contributed by atoms with van der Waals surface area (Å²) in [7, 11) is -2.00. The fourth-order valence-corrected chi connectivity index (χ4v) is 4.39. The Kier molecular flexibility index (Phi) is 9.37. The van der Waals surface area contributed by atoms with Gasteiger partial charge in [-0.25, -0.2) is 8.42 Å². The molecule has 1 fully saturated rings. The minimum Gasteiger partial charge on any atom is -0.383 e. The molecule has 7 nitrogen and oxygen atoms in total. The minimum atomic E-state index is -3.64. The number of methoxy groups -OCH3 is 1. The first-order chi connectivity index (χ1) is 11.6. The van der Waals surface area contributed by atoms with Crippen molar-refractivity contribution in [3.05, 3.63) is 30.3 Å². The lowest BCUT2D eigenvalue weighted by Gasteiger charge is -2.23. The Balaban J connectivity index is 0.00000312. The van der Waals surface area contributed by atoms with E-state index in [1.807, 2.05) is 0 Å². The molecule has 1 amide bonds. The Morgan fingerprint density at radius 1 is 1.24 bits per heavy atom. The molecule has 1 aliphatic heterocycles. The summed E-state index contributed by atoms with van der Waals surface area (Å²) in [5, 5.41) is 5.93. The number of nitrogens with one attached hydrogen (secondary N) is 2. The van der Waals surface area contributed by atoms with Crippen molar-refractivity contribution in [2.24, 2.45) is 0 Å². The summed E-state index contributed by atoms with van der Waals surface area (Å²) >= 11 is 0. The topological polar surface area (TPSA) is 87.7 Å². The average Bonchev–Trinajstić information content (AvgIpc) is 3.09. The Morgan fingerprint density at radius 3 is 2.64 bits per heavy atom. The molecule has 1 atom stereocenters. The maximum absolute atomic E-state index is 12.7. The second-order valence-corrected chi connectivity index (χ2v) is 7.51. The van der Waals surface area contributed by atoms with Gasteiger partial charge in [-0.05, 0) is 25.0 Å². The summed E-state index contributed by atoms with van der Waals surface area (Å²) in [5.41, 5.74) is 0. The predicted molar refractivity (Wildman–Crippen MR) is 98.4 cm³/mol. The van der Waals surface area contributed by atoms with Gasteiger partial charge in [0.25, 0.3) is 0 Å². The van der Waals surface area contributed by atoms with Gasteiger partial charge >= 0.3 is 0 Å². The SMILES string of the molecule is COCCNCCNC(=O)C1CCCN1S(=O)(=O)c1ccccc1.Cl. The van der Waals surface area contributed by atoms with Crippen LogP contribution in [0.25, 0.3) is 0 Å². The first kappa shape index (κ1) is 21.9. The molecule has 2 N–H and O–H groups in total. The molecule has 1 saturated heterocycles. The number of hydrogen-bond donors (Lipinski definition) is 2. The van der Waals surface area contributed by atoms with E-state index in [4.69, 9.17) is 4.74 Å². The summed E-state index contributed by atoms with van der Waals surface area (Å²) in [6.45, 7) is 2.77. The molecule has 0 bridgehead atoms. The molecule has 0 aliphatic carbocycles. The van der Waals surface area contributed by atoms with Gasteiger partial charge in [-0.3, -0.25) is 4.79 Å².